The van der Waals surface area contributed by atoms with E-state index in [0.717, 1.165) is 18.6 Å². The maximum Gasteiger partial charge on any atom is 0.236 e. The van der Waals surface area contributed by atoms with Crippen molar-refractivity contribution in [2.24, 2.45) is 0 Å². The van der Waals surface area contributed by atoms with E-state index < -0.39 is 0 Å². The number of benzene rings is 1. The number of aromatic nitrogens is 2. The van der Waals surface area contributed by atoms with Gasteiger partial charge in [-0.1, -0.05) is 12.1 Å². The van der Waals surface area contributed by atoms with Crippen molar-refractivity contribution in [3.63, 3.8) is 0 Å². The van der Waals surface area contributed by atoms with Gasteiger partial charge in [-0.3, -0.25) is 24.0 Å². The Kier molecular flexibility index (Phi) is 6.98. The van der Waals surface area contributed by atoms with Crippen molar-refractivity contribution in [3.8, 4) is 0 Å². The highest BCUT2D eigenvalue weighted by atomic mass is 16.2. The Labute approximate surface area is 170 Å². The average molecular weight is 399 g/mol. The Balaban J connectivity index is 1.51. The molecular formula is C21H29N5O3. The van der Waals surface area contributed by atoms with Gasteiger partial charge in [0.25, 0.3) is 0 Å². The first-order chi connectivity index (χ1) is 14.0. The fraction of sp³-hybridized carbons (Fsp3) is 0.524. The van der Waals surface area contributed by atoms with Crippen molar-refractivity contribution in [2.45, 2.75) is 26.8 Å². The van der Waals surface area contributed by atoms with Gasteiger partial charge >= 0.3 is 0 Å². The minimum Gasteiger partial charge on any atom is -0.342 e. The summed E-state index contributed by atoms with van der Waals surface area (Å²) in [6.07, 6.45) is 1.64. The molecule has 1 aliphatic heterocycles. The summed E-state index contributed by atoms with van der Waals surface area (Å²) in [7, 11) is 0. The predicted molar refractivity (Wildman–Crippen MR) is 112 cm³/mol. The van der Waals surface area contributed by atoms with E-state index in [0.29, 0.717) is 51.1 Å². The third kappa shape index (κ3) is 5.00. The lowest BCUT2D eigenvalue weighted by molar-refractivity contribution is -0.135. The summed E-state index contributed by atoms with van der Waals surface area (Å²) in [5.41, 5.74) is 0.631. The van der Waals surface area contributed by atoms with E-state index in [4.69, 9.17) is 0 Å². The number of amides is 2. The summed E-state index contributed by atoms with van der Waals surface area (Å²) in [6.45, 7) is 8.93. The van der Waals surface area contributed by atoms with Gasteiger partial charge in [-0.15, -0.1) is 0 Å². The molecule has 156 valence electrons. The lowest BCUT2D eigenvalue weighted by Crippen LogP contribution is -2.51. The van der Waals surface area contributed by atoms with Crippen LogP contribution in [0.4, 0.5) is 0 Å². The molecule has 8 nitrogen and oxygen atoms in total. The first kappa shape index (κ1) is 21.0. The van der Waals surface area contributed by atoms with Crippen molar-refractivity contribution in [2.75, 3.05) is 45.8 Å². The molecule has 0 atom stereocenters. The quantitative estimate of drug-likeness (QED) is 0.688. The molecule has 0 N–H and O–H groups in total. The molecular weight excluding hydrogens is 370 g/mol. The van der Waals surface area contributed by atoms with E-state index in [2.05, 4.69) is 10.00 Å². The fourth-order valence-electron chi connectivity index (χ4n) is 3.72. The van der Waals surface area contributed by atoms with Crippen LogP contribution in [0.25, 0.3) is 10.9 Å². The first-order valence-electron chi connectivity index (χ1n) is 10.3. The molecule has 1 aliphatic rings. The monoisotopic (exact) mass is 399 g/mol. The van der Waals surface area contributed by atoms with Gasteiger partial charge < -0.3 is 9.80 Å². The van der Waals surface area contributed by atoms with Crippen LogP contribution in [0.5, 0.6) is 0 Å². The largest absolute Gasteiger partial charge is 0.342 e. The number of nitrogens with zero attached hydrogens (tertiary/aromatic N) is 5. The van der Waals surface area contributed by atoms with Gasteiger partial charge in [-0.25, -0.2) is 0 Å². The van der Waals surface area contributed by atoms with Crippen molar-refractivity contribution < 1.29 is 9.59 Å². The van der Waals surface area contributed by atoms with Crippen LogP contribution in [-0.2, 0) is 16.1 Å². The Hall–Kier alpha value is -2.74. The predicted octanol–water partition coefficient (Wildman–Crippen LogP) is 0.799. The summed E-state index contributed by atoms with van der Waals surface area (Å²) in [6, 6.07) is 7.31. The molecule has 0 aliphatic carbocycles. The fourth-order valence-corrected chi connectivity index (χ4v) is 3.72. The number of aryl methyl sites for hydroxylation is 1. The van der Waals surface area contributed by atoms with Crippen LogP contribution in [0.1, 0.15) is 20.3 Å². The first-order valence-corrected chi connectivity index (χ1v) is 10.3. The van der Waals surface area contributed by atoms with Gasteiger partial charge in [-0.2, -0.15) is 5.10 Å². The Morgan fingerprint density at radius 3 is 2.45 bits per heavy atom. The van der Waals surface area contributed by atoms with Crippen LogP contribution < -0.4 is 5.43 Å². The van der Waals surface area contributed by atoms with Gasteiger partial charge in [0.1, 0.15) is 0 Å². The third-order valence-electron chi connectivity index (χ3n) is 5.50. The summed E-state index contributed by atoms with van der Waals surface area (Å²) < 4.78 is 1.72. The van der Waals surface area contributed by atoms with Crippen LogP contribution in [-0.4, -0.2) is 82.1 Å². The maximum absolute atomic E-state index is 12.6. The molecule has 8 heteroatoms. The molecule has 1 aromatic heterocycles. The number of fused-ring (bicyclic) bond motifs is 1. The van der Waals surface area contributed by atoms with Crippen molar-refractivity contribution >= 4 is 22.7 Å². The zero-order valence-corrected chi connectivity index (χ0v) is 17.2. The summed E-state index contributed by atoms with van der Waals surface area (Å²) in [5, 5.41) is 4.80. The van der Waals surface area contributed by atoms with E-state index in [-0.39, 0.29) is 17.2 Å². The Morgan fingerprint density at radius 2 is 1.76 bits per heavy atom. The number of hydrogen-bond donors (Lipinski definition) is 0. The molecule has 0 bridgehead atoms. The second-order valence-corrected chi connectivity index (χ2v) is 7.22. The smallest absolute Gasteiger partial charge is 0.236 e. The van der Waals surface area contributed by atoms with Gasteiger partial charge in [0.2, 0.25) is 17.2 Å². The number of carbonyl (C=O) groups is 2. The van der Waals surface area contributed by atoms with E-state index >= 15 is 0 Å². The lowest BCUT2D eigenvalue weighted by atomic mass is 10.2. The maximum atomic E-state index is 12.6. The summed E-state index contributed by atoms with van der Waals surface area (Å²) in [4.78, 5) is 42.6. The topological polar surface area (TPSA) is 78.8 Å². The molecule has 1 fully saturated rings. The van der Waals surface area contributed by atoms with Gasteiger partial charge in [0.05, 0.1) is 24.8 Å². The average Bonchev–Trinajstić information content (AvgIpc) is 2.74. The normalized spacial score (nSPS) is 14.9. The number of para-hydroxylation sites is 1. The summed E-state index contributed by atoms with van der Waals surface area (Å²) >= 11 is 0. The number of piperazine rings is 1. The standard InChI is InChI=1S/C21H29N5O3/c1-3-24(4-2)21(29)16-23-11-13-25(14-12-23)20(28)9-10-26-18-8-6-5-7-17(18)19(27)15-22-26/h5-8,15H,3-4,9-14,16H2,1-2H3. The Morgan fingerprint density at radius 1 is 1.07 bits per heavy atom. The van der Waals surface area contributed by atoms with Gasteiger partial charge in [0, 0.05) is 51.1 Å². The highest BCUT2D eigenvalue weighted by Crippen LogP contribution is 2.10. The van der Waals surface area contributed by atoms with E-state index in [1.54, 1.807) is 10.7 Å². The van der Waals surface area contributed by atoms with Crippen molar-refractivity contribution in [1.82, 2.24) is 24.5 Å². The Bertz CT molecular complexity index is 914. The molecule has 2 aromatic rings. The zero-order chi connectivity index (χ0) is 20.8. The SMILES string of the molecule is CCN(CC)C(=O)CN1CCN(C(=O)CCn2ncc(=O)c3ccccc32)CC1. The molecule has 2 amide bonds. The van der Waals surface area contributed by atoms with Crippen LogP contribution >= 0.6 is 0 Å². The van der Waals surface area contributed by atoms with Crippen LogP contribution in [0.15, 0.2) is 35.3 Å². The minimum absolute atomic E-state index is 0.0734. The number of likely N-dealkylation sites (N-methyl/N-ethyl adjacent to an activating group) is 1. The zero-order valence-electron chi connectivity index (χ0n) is 17.2. The molecule has 1 saturated heterocycles. The molecule has 0 unspecified atom stereocenters. The molecule has 0 spiro atoms. The number of carbonyl (C=O) groups excluding carboxylic acids is 2. The number of rotatable bonds is 7. The minimum atomic E-state index is -0.112. The second kappa shape index (κ2) is 9.65. The van der Waals surface area contributed by atoms with E-state index in [9.17, 15) is 14.4 Å². The molecule has 3 rings (SSSR count). The van der Waals surface area contributed by atoms with Crippen LogP contribution in [0.2, 0.25) is 0 Å². The van der Waals surface area contributed by atoms with Gasteiger partial charge in [0.15, 0.2) is 0 Å². The lowest BCUT2D eigenvalue weighted by Gasteiger charge is -2.35. The van der Waals surface area contributed by atoms with E-state index in [1.165, 1.54) is 6.20 Å². The third-order valence-corrected chi connectivity index (χ3v) is 5.50. The molecule has 1 aromatic carbocycles. The highest BCUT2D eigenvalue weighted by Gasteiger charge is 2.23. The van der Waals surface area contributed by atoms with Crippen molar-refractivity contribution in [1.29, 1.82) is 0 Å². The molecule has 2 heterocycles. The van der Waals surface area contributed by atoms with Crippen LogP contribution in [0, 0.1) is 0 Å². The van der Waals surface area contributed by atoms with Crippen molar-refractivity contribution in [3.05, 3.63) is 40.7 Å². The number of hydrogen-bond acceptors (Lipinski definition) is 5. The second-order valence-electron chi connectivity index (χ2n) is 7.22. The summed E-state index contributed by atoms with van der Waals surface area (Å²) in [5.74, 6) is 0.218. The van der Waals surface area contributed by atoms with E-state index in [1.807, 2.05) is 41.8 Å². The molecule has 0 saturated carbocycles. The molecule has 0 radical (unpaired) electrons. The molecule has 29 heavy (non-hydrogen) atoms. The van der Waals surface area contributed by atoms with Gasteiger partial charge in [-0.05, 0) is 26.0 Å². The highest BCUT2D eigenvalue weighted by molar-refractivity contribution is 5.79. The van der Waals surface area contributed by atoms with Crippen LogP contribution in [0.3, 0.4) is 0 Å².